The molecule has 0 aliphatic carbocycles. The van der Waals surface area contributed by atoms with Gasteiger partial charge in [-0.3, -0.25) is 0 Å². The maximum atomic E-state index is 5.77. The zero-order valence-corrected chi connectivity index (χ0v) is 11.0. The molecule has 0 spiro atoms. The van der Waals surface area contributed by atoms with Crippen LogP contribution in [0.1, 0.15) is 12.0 Å². The third kappa shape index (κ3) is 2.39. The Hall–Kier alpha value is -0.420. The number of hydrogen-bond acceptors (Lipinski definition) is 4. The van der Waals surface area contributed by atoms with Crippen molar-refractivity contribution in [3.63, 3.8) is 0 Å². The Morgan fingerprint density at radius 3 is 3.13 bits per heavy atom. The fraction of sp³-hybridized carbons (Fsp3) is 0.500. The molecular formula is C10H14BrN3S. The first-order chi connectivity index (χ1) is 7.18. The molecule has 2 heterocycles. The van der Waals surface area contributed by atoms with Gasteiger partial charge in [0, 0.05) is 11.8 Å². The summed E-state index contributed by atoms with van der Waals surface area (Å²) in [7, 11) is 0. The minimum Gasteiger partial charge on any atom is -0.397 e. The van der Waals surface area contributed by atoms with E-state index in [1.165, 1.54) is 12.2 Å². The van der Waals surface area contributed by atoms with Crippen LogP contribution in [0, 0.1) is 6.92 Å². The topological polar surface area (TPSA) is 50.9 Å². The quantitative estimate of drug-likeness (QED) is 0.878. The third-order valence-electron chi connectivity index (χ3n) is 2.57. The van der Waals surface area contributed by atoms with Crippen molar-refractivity contribution in [2.24, 2.45) is 0 Å². The Kier molecular flexibility index (Phi) is 3.41. The van der Waals surface area contributed by atoms with Crippen molar-refractivity contribution in [2.45, 2.75) is 19.4 Å². The van der Waals surface area contributed by atoms with Gasteiger partial charge in [-0.25, -0.2) is 4.98 Å². The molecule has 3 N–H and O–H groups in total. The van der Waals surface area contributed by atoms with Crippen molar-refractivity contribution in [1.82, 2.24) is 4.98 Å². The maximum absolute atomic E-state index is 5.77. The number of aromatic nitrogens is 1. The summed E-state index contributed by atoms with van der Waals surface area (Å²) in [6.45, 7) is 2.00. The first kappa shape index (κ1) is 11.1. The van der Waals surface area contributed by atoms with Crippen molar-refractivity contribution in [1.29, 1.82) is 0 Å². The average molecular weight is 288 g/mol. The van der Waals surface area contributed by atoms with Gasteiger partial charge in [0.25, 0.3) is 0 Å². The van der Waals surface area contributed by atoms with Gasteiger partial charge in [0.1, 0.15) is 5.82 Å². The molecule has 1 aromatic rings. The van der Waals surface area contributed by atoms with Crippen molar-refractivity contribution in [3.8, 4) is 0 Å². The summed E-state index contributed by atoms with van der Waals surface area (Å²) < 4.78 is 0.986. The van der Waals surface area contributed by atoms with Crippen LogP contribution in [0.5, 0.6) is 0 Å². The fourth-order valence-electron chi connectivity index (χ4n) is 1.53. The number of halogens is 1. The molecule has 1 atom stereocenters. The second kappa shape index (κ2) is 4.61. The molecule has 3 nitrogen and oxygen atoms in total. The highest BCUT2D eigenvalue weighted by molar-refractivity contribution is 9.10. The Labute approximate surface area is 102 Å². The number of nitrogen functional groups attached to an aromatic ring is 1. The van der Waals surface area contributed by atoms with E-state index in [0.29, 0.717) is 6.04 Å². The van der Waals surface area contributed by atoms with Gasteiger partial charge in [0.2, 0.25) is 0 Å². The van der Waals surface area contributed by atoms with Gasteiger partial charge in [-0.2, -0.15) is 11.8 Å². The number of pyridine rings is 1. The summed E-state index contributed by atoms with van der Waals surface area (Å²) in [6, 6.07) is 0.543. The number of rotatable bonds is 2. The van der Waals surface area contributed by atoms with E-state index in [2.05, 4.69) is 26.2 Å². The molecule has 1 unspecified atom stereocenters. The van der Waals surface area contributed by atoms with E-state index in [1.807, 2.05) is 18.7 Å². The minimum absolute atomic E-state index is 0.543. The Morgan fingerprint density at radius 1 is 1.67 bits per heavy atom. The van der Waals surface area contributed by atoms with Gasteiger partial charge in [-0.1, -0.05) is 0 Å². The molecule has 0 aromatic carbocycles. The summed E-state index contributed by atoms with van der Waals surface area (Å²) in [6.07, 6.45) is 2.92. The Bertz CT molecular complexity index is 364. The van der Waals surface area contributed by atoms with E-state index in [-0.39, 0.29) is 0 Å². The van der Waals surface area contributed by atoms with Gasteiger partial charge in [-0.05, 0) is 40.6 Å². The molecule has 1 aromatic heterocycles. The summed E-state index contributed by atoms with van der Waals surface area (Å²) in [5.74, 6) is 3.31. The van der Waals surface area contributed by atoms with Crippen LogP contribution in [0.4, 0.5) is 11.5 Å². The molecular weight excluding hydrogens is 274 g/mol. The summed E-state index contributed by atoms with van der Waals surface area (Å²) >= 11 is 5.51. The molecule has 0 saturated carbocycles. The molecule has 1 aliphatic heterocycles. The lowest BCUT2D eigenvalue weighted by Gasteiger charge is -2.15. The van der Waals surface area contributed by atoms with E-state index in [4.69, 9.17) is 5.73 Å². The van der Waals surface area contributed by atoms with Crippen molar-refractivity contribution in [2.75, 3.05) is 22.6 Å². The van der Waals surface area contributed by atoms with E-state index >= 15 is 0 Å². The van der Waals surface area contributed by atoms with Gasteiger partial charge in [0.15, 0.2) is 0 Å². The number of nitrogens with zero attached hydrogens (tertiary/aromatic N) is 1. The first-order valence-electron chi connectivity index (χ1n) is 4.93. The highest BCUT2D eigenvalue weighted by atomic mass is 79.9. The molecule has 0 radical (unpaired) electrons. The van der Waals surface area contributed by atoms with Crippen LogP contribution in [0.15, 0.2) is 10.7 Å². The standard InChI is InChI=1S/C10H14BrN3S/c1-6-8(12)4-13-10(9(6)11)14-7-2-3-15-5-7/h4,7H,2-3,5,12H2,1H3,(H,13,14). The summed E-state index contributed by atoms with van der Waals surface area (Å²) in [5.41, 5.74) is 7.56. The van der Waals surface area contributed by atoms with Crippen molar-refractivity contribution < 1.29 is 0 Å². The Morgan fingerprint density at radius 2 is 2.47 bits per heavy atom. The number of thioether (sulfide) groups is 1. The predicted octanol–water partition coefficient (Wildman–Crippen LogP) is 2.65. The second-order valence-electron chi connectivity index (χ2n) is 3.71. The summed E-state index contributed by atoms with van der Waals surface area (Å²) in [4.78, 5) is 4.31. The first-order valence-corrected chi connectivity index (χ1v) is 6.88. The van der Waals surface area contributed by atoms with Crippen LogP contribution in [0.25, 0.3) is 0 Å². The minimum atomic E-state index is 0.543. The SMILES string of the molecule is Cc1c(N)cnc(NC2CCSC2)c1Br. The number of nitrogens with one attached hydrogen (secondary N) is 1. The number of nitrogens with two attached hydrogens (primary N) is 1. The van der Waals surface area contributed by atoms with Gasteiger partial charge >= 0.3 is 0 Å². The van der Waals surface area contributed by atoms with Crippen LogP contribution in [-0.4, -0.2) is 22.5 Å². The lowest BCUT2D eigenvalue weighted by atomic mass is 10.2. The largest absolute Gasteiger partial charge is 0.397 e. The molecule has 1 saturated heterocycles. The van der Waals surface area contributed by atoms with E-state index < -0.39 is 0 Å². The van der Waals surface area contributed by atoms with E-state index in [9.17, 15) is 0 Å². The van der Waals surface area contributed by atoms with Crippen molar-refractivity contribution >= 4 is 39.2 Å². The van der Waals surface area contributed by atoms with Gasteiger partial charge < -0.3 is 11.1 Å². The molecule has 82 valence electrons. The monoisotopic (exact) mass is 287 g/mol. The van der Waals surface area contributed by atoms with Crippen LogP contribution in [-0.2, 0) is 0 Å². The van der Waals surface area contributed by atoms with E-state index in [1.54, 1.807) is 6.20 Å². The smallest absolute Gasteiger partial charge is 0.140 e. The molecule has 0 amide bonds. The molecule has 5 heteroatoms. The molecule has 1 fully saturated rings. The predicted molar refractivity (Wildman–Crippen MR) is 70.4 cm³/mol. The van der Waals surface area contributed by atoms with Crippen LogP contribution in [0.2, 0.25) is 0 Å². The number of hydrogen-bond donors (Lipinski definition) is 2. The lowest BCUT2D eigenvalue weighted by Crippen LogP contribution is -2.19. The van der Waals surface area contributed by atoms with Crippen molar-refractivity contribution in [3.05, 3.63) is 16.2 Å². The third-order valence-corrected chi connectivity index (χ3v) is 4.71. The zero-order valence-electron chi connectivity index (χ0n) is 8.59. The van der Waals surface area contributed by atoms with Crippen LogP contribution in [0.3, 0.4) is 0 Å². The maximum Gasteiger partial charge on any atom is 0.140 e. The number of anilines is 2. The van der Waals surface area contributed by atoms with Crippen LogP contribution < -0.4 is 11.1 Å². The molecule has 2 rings (SSSR count). The second-order valence-corrected chi connectivity index (χ2v) is 5.65. The highest BCUT2D eigenvalue weighted by Gasteiger charge is 2.17. The lowest BCUT2D eigenvalue weighted by molar-refractivity contribution is 0.805. The van der Waals surface area contributed by atoms with E-state index in [0.717, 1.165) is 27.3 Å². The summed E-state index contributed by atoms with van der Waals surface area (Å²) in [5, 5.41) is 3.44. The van der Waals surface area contributed by atoms with Gasteiger partial charge in [-0.15, -0.1) is 0 Å². The van der Waals surface area contributed by atoms with Crippen LogP contribution >= 0.6 is 27.7 Å². The van der Waals surface area contributed by atoms with Gasteiger partial charge in [0.05, 0.1) is 16.4 Å². The molecule has 1 aliphatic rings. The average Bonchev–Trinajstić information content (AvgIpc) is 2.72. The fourth-order valence-corrected chi connectivity index (χ4v) is 3.13. The Balaban J connectivity index is 2.17. The zero-order chi connectivity index (χ0) is 10.8. The highest BCUT2D eigenvalue weighted by Crippen LogP contribution is 2.30. The normalized spacial score (nSPS) is 20.5. The molecule has 0 bridgehead atoms. The molecule has 15 heavy (non-hydrogen) atoms.